The smallest absolute Gasteiger partial charge is 0.402 e. The van der Waals surface area contributed by atoms with Crippen LogP contribution < -0.4 is 9.47 Å². The Hall–Kier alpha value is -3.57. The molecular formula is C21H17F6NO5. The number of rotatable bonds is 6. The maximum absolute atomic E-state index is 13.8. The SMILES string of the molecule is CC(=O)Oc1ccc(C(C(=O)C(c2ccc(OC(C)=NO)cc2)C(F)(F)F)C(F)(F)F)cc1. The summed E-state index contributed by atoms with van der Waals surface area (Å²) in [5.74, 6) is -9.48. The molecule has 0 amide bonds. The van der Waals surface area contributed by atoms with Crippen molar-refractivity contribution in [1.82, 2.24) is 0 Å². The lowest BCUT2D eigenvalue weighted by Gasteiger charge is -2.26. The van der Waals surface area contributed by atoms with Crippen LogP contribution in [-0.4, -0.2) is 35.2 Å². The second kappa shape index (κ2) is 9.92. The maximum Gasteiger partial charge on any atom is 0.402 e. The van der Waals surface area contributed by atoms with E-state index in [1.807, 2.05) is 0 Å². The standard InChI is InChI=1S/C21H17F6NO5/c1-11(28-31)32-15-7-3-13(4-8-15)17(20(22,23)24)19(30)18(21(25,26)27)14-5-9-16(10-6-14)33-12(2)29/h3-10,17-18,31H,1-2H3. The second-order valence-corrected chi connectivity index (χ2v) is 6.80. The molecule has 0 fully saturated rings. The van der Waals surface area contributed by atoms with E-state index in [2.05, 4.69) is 5.16 Å². The van der Waals surface area contributed by atoms with Crippen molar-refractivity contribution in [2.45, 2.75) is 38.0 Å². The molecule has 12 heteroatoms. The van der Waals surface area contributed by atoms with Gasteiger partial charge in [-0.2, -0.15) is 26.3 Å². The third kappa shape index (κ3) is 6.70. The molecule has 33 heavy (non-hydrogen) atoms. The van der Waals surface area contributed by atoms with Crippen LogP contribution >= 0.6 is 0 Å². The van der Waals surface area contributed by atoms with E-state index in [0.717, 1.165) is 55.5 Å². The number of Topliss-reactive ketones (excluding diaryl/α,β-unsaturated/α-hetero) is 1. The summed E-state index contributed by atoms with van der Waals surface area (Å²) in [5, 5.41) is 11.3. The molecule has 0 aromatic heterocycles. The molecule has 0 saturated heterocycles. The Morgan fingerprint density at radius 1 is 0.758 bits per heavy atom. The largest absolute Gasteiger partial charge is 0.440 e. The molecule has 2 aromatic rings. The third-order valence-corrected chi connectivity index (χ3v) is 4.32. The van der Waals surface area contributed by atoms with Gasteiger partial charge in [-0.3, -0.25) is 9.59 Å². The van der Waals surface area contributed by atoms with E-state index in [-0.39, 0.29) is 17.4 Å². The number of alkyl halides is 6. The molecule has 0 heterocycles. The van der Waals surface area contributed by atoms with Crippen LogP contribution in [0.3, 0.4) is 0 Å². The van der Waals surface area contributed by atoms with Crippen LogP contribution in [0.4, 0.5) is 26.3 Å². The Kier molecular flexibility index (Phi) is 7.72. The van der Waals surface area contributed by atoms with E-state index < -0.39 is 47.1 Å². The molecule has 0 aliphatic heterocycles. The van der Waals surface area contributed by atoms with Gasteiger partial charge in [-0.05, 0) is 35.4 Å². The molecular weight excluding hydrogens is 460 g/mol. The molecule has 0 saturated carbocycles. The summed E-state index contributed by atoms with van der Waals surface area (Å²) in [5.41, 5.74) is -1.48. The monoisotopic (exact) mass is 477 g/mol. The number of carbonyl (C=O) groups excluding carboxylic acids is 2. The summed E-state index contributed by atoms with van der Waals surface area (Å²) in [6.07, 6.45) is -10.7. The molecule has 1 N–H and O–H groups in total. The summed E-state index contributed by atoms with van der Waals surface area (Å²) >= 11 is 0. The van der Waals surface area contributed by atoms with Crippen molar-refractivity contribution in [3.63, 3.8) is 0 Å². The maximum atomic E-state index is 13.8. The first-order valence-electron chi connectivity index (χ1n) is 9.16. The minimum atomic E-state index is -5.33. The van der Waals surface area contributed by atoms with Gasteiger partial charge in [0.1, 0.15) is 23.3 Å². The zero-order valence-electron chi connectivity index (χ0n) is 17.1. The number of ether oxygens (including phenoxy) is 2. The zero-order valence-corrected chi connectivity index (χ0v) is 17.1. The number of oxime groups is 1. The number of halogens is 6. The normalized spacial score (nSPS) is 14.4. The zero-order chi connectivity index (χ0) is 25.0. The van der Waals surface area contributed by atoms with Gasteiger partial charge in [-0.1, -0.05) is 29.4 Å². The van der Waals surface area contributed by atoms with Crippen molar-refractivity contribution in [2.75, 3.05) is 0 Å². The number of hydrogen-bond acceptors (Lipinski definition) is 6. The highest BCUT2D eigenvalue weighted by atomic mass is 19.4. The highest BCUT2D eigenvalue weighted by Crippen LogP contribution is 2.45. The molecule has 178 valence electrons. The van der Waals surface area contributed by atoms with Crippen LogP contribution in [-0.2, 0) is 9.59 Å². The Labute approximate surface area is 183 Å². The lowest BCUT2D eigenvalue weighted by Crippen LogP contribution is -2.38. The molecule has 0 radical (unpaired) electrons. The second-order valence-electron chi connectivity index (χ2n) is 6.80. The molecule has 2 unspecified atom stereocenters. The van der Waals surface area contributed by atoms with Crippen LogP contribution in [0, 0.1) is 0 Å². The van der Waals surface area contributed by atoms with Gasteiger partial charge in [-0.15, -0.1) is 0 Å². The van der Waals surface area contributed by atoms with Gasteiger partial charge in [0.25, 0.3) is 0 Å². The van der Waals surface area contributed by atoms with Gasteiger partial charge in [0.15, 0.2) is 5.78 Å². The Balaban J connectivity index is 2.47. The minimum absolute atomic E-state index is 0.0594. The summed E-state index contributed by atoms with van der Waals surface area (Å²) < 4.78 is 92.2. The van der Waals surface area contributed by atoms with Gasteiger partial charge in [-0.25, -0.2) is 0 Å². The van der Waals surface area contributed by atoms with Crippen LogP contribution in [0.5, 0.6) is 11.5 Å². The molecule has 6 nitrogen and oxygen atoms in total. The van der Waals surface area contributed by atoms with E-state index in [4.69, 9.17) is 14.7 Å². The third-order valence-electron chi connectivity index (χ3n) is 4.32. The number of carbonyl (C=O) groups is 2. The van der Waals surface area contributed by atoms with Gasteiger partial charge in [0, 0.05) is 13.8 Å². The quantitative estimate of drug-likeness (QED) is 0.115. The fourth-order valence-corrected chi connectivity index (χ4v) is 3.01. The first-order chi connectivity index (χ1) is 15.2. The molecule has 2 aromatic carbocycles. The first kappa shape index (κ1) is 25.7. The van der Waals surface area contributed by atoms with E-state index in [1.165, 1.54) is 6.92 Å². The Morgan fingerprint density at radius 3 is 1.42 bits per heavy atom. The van der Waals surface area contributed by atoms with Crippen LogP contribution in [0.15, 0.2) is 53.7 Å². The van der Waals surface area contributed by atoms with Gasteiger partial charge < -0.3 is 14.7 Å². The van der Waals surface area contributed by atoms with Crippen LogP contribution in [0.25, 0.3) is 0 Å². The van der Waals surface area contributed by atoms with Crippen LogP contribution in [0.2, 0.25) is 0 Å². The molecule has 0 spiro atoms. The number of hydrogen-bond donors (Lipinski definition) is 1. The van der Waals surface area contributed by atoms with Crippen molar-refractivity contribution in [2.24, 2.45) is 5.16 Å². The summed E-state index contributed by atoms with van der Waals surface area (Å²) in [6, 6.07) is 7.02. The molecule has 0 aliphatic carbocycles. The molecule has 0 aliphatic rings. The fraction of sp³-hybridized carbons (Fsp3) is 0.286. The van der Waals surface area contributed by atoms with E-state index in [1.54, 1.807) is 0 Å². The lowest BCUT2D eigenvalue weighted by molar-refractivity contribution is -0.183. The average molecular weight is 477 g/mol. The van der Waals surface area contributed by atoms with Crippen molar-refractivity contribution < 1.29 is 50.6 Å². The molecule has 2 rings (SSSR count). The number of benzene rings is 2. The average Bonchev–Trinajstić information content (AvgIpc) is 2.68. The van der Waals surface area contributed by atoms with Gasteiger partial charge in [0.2, 0.25) is 5.90 Å². The Morgan fingerprint density at radius 2 is 1.12 bits per heavy atom. The highest BCUT2D eigenvalue weighted by molar-refractivity contribution is 5.93. The van der Waals surface area contributed by atoms with E-state index in [0.29, 0.717) is 0 Å². The summed E-state index contributed by atoms with van der Waals surface area (Å²) in [6.45, 7) is 2.30. The number of ketones is 1. The minimum Gasteiger partial charge on any atom is -0.440 e. The fourth-order valence-electron chi connectivity index (χ4n) is 3.01. The van der Waals surface area contributed by atoms with Crippen molar-refractivity contribution in [3.8, 4) is 11.5 Å². The topological polar surface area (TPSA) is 85.2 Å². The van der Waals surface area contributed by atoms with Crippen molar-refractivity contribution >= 4 is 17.7 Å². The van der Waals surface area contributed by atoms with Crippen LogP contribution in [0.1, 0.15) is 36.8 Å². The van der Waals surface area contributed by atoms with E-state index in [9.17, 15) is 35.9 Å². The first-order valence-corrected chi connectivity index (χ1v) is 9.16. The Bertz CT molecular complexity index is 1010. The number of esters is 1. The molecule has 2 atom stereocenters. The van der Waals surface area contributed by atoms with Gasteiger partial charge >= 0.3 is 18.3 Å². The van der Waals surface area contributed by atoms with Crippen molar-refractivity contribution in [1.29, 1.82) is 0 Å². The lowest BCUT2D eigenvalue weighted by atomic mass is 9.82. The van der Waals surface area contributed by atoms with E-state index >= 15 is 0 Å². The molecule has 0 bridgehead atoms. The predicted octanol–water partition coefficient (Wildman–Crippen LogP) is 5.36. The summed E-state index contributed by atoms with van der Waals surface area (Å²) in [7, 11) is 0. The number of nitrogens with zero attached hydrogens (tertiary/aromatic N) is 1. The van der Waals surface area contributed by atoms with Gasteiger partial charge in [0.05, 0.1) is 0 Å². The highest BCUT2D eigenvalue weighted by Gasteiger charge is 2.55. The van der Waals surface area contributed by atoms with Crippen molar-refractivity contribution in [3.05, 3.63) is 59.7 Å². The summed E-state index contributed by atoms with van der Waals surface area (Å²) in [4.78, 5) is 23.6. The predicted molar refractivity (Wildman–Crippen MR) is 102 cm³/mol.